The van der Waals surface area contributed by atoms with Crippen LogP contribution < -0.4 is 4.72 Å². The molecule has 0 radical (unpaired) electrons. The molecule has 9 heteroatoms. The summed E-state index contributed by atoms with van der Waals surface area (Å²) in [5, 5.41) is 0.497. The van der Waals surface area contributed by atoms with E-state index in [9.17, 15) is 22.0 Å². The van der Waals surface area contributed by atoms with E-state index in [0.29, 0.717) is 35.2 Å². The van der Waals surface area contributed by atoms with Gasteiger partial charge in [-0.15, -0.1) is 0 Å². The maximum atomic E-state index is 14.2. The monoisotopic (exact) mass is 476 g/mol. The van der Waals surface area contributed by atoms with E-state index in [1.807, 2.05) is 0 Å². The fourth-order valence-electron chi connectivity index (χ4n) is 4.26. The summed E-state index contributed by atoms with van der Waals surface area (Å²) < 4.78 is 62.5. The molecule has 0 atom stereocenters. The number of sulfonamides is 1. The van der Waals surface area contributed by atoms with Crippen molar-refractivity contribution in [2.75, 3.05) is 17.8 Å². The van der Waals surface area contributed by atoms with Crippen molar-refractivity contribution in [3.8, 4) is 0 Å². The average molecular weight is 477 g/mol. The zero-order chi connectivity index (χ0) is 23.9. The third kappa shape index (κ3) is 4.34. The van der Waals surface area contributed by atoms with E-state index in [-0.39, 0.29) is 22.1 Å². The predicted molar refractivity (Wildman–Crippen MR) is 122 cm³/mol. The molecule has 1 amide bonds. The third-order valence-electron chi connectivity index (χ3n) is 6.22. The van der Waals surface area contributed by atoms with Crippen molar-refractivity contribution in [2.45, 2.75) is 51.3 Å². The second kappa shape index (κ2) is 8.78. The van der Waals surface area contributed by atoms with Crippen molar-refractivity contribution < 1.29 is 26.4 Å². The summed E-state index contributed by atoms with van der Waals surface area (Å²) in [6, 6.07) is 4.31. The van der Waals surface area contributed by atoms with E-state index in [4.69, 9.17) is 4.42 Å². The zero-order valence-electron chi connectivity index (χ0n) is 18.8. The topological polar surface area (TPSA) is 79.6 Å². The number of aryl methyl sites for hydroxylation is 2. The van der Waals surface area contributed by atoms with E-state index >= 15 is 0 Å². The summed E-state index contributed by atoms with van der Waals surface area (Å²) in [5.41, 5.74) is 1.14. The molecule has 3 aromatic rings. The SMILES string of the molecule is Cc1cc2c(C)c(C(=O)N3CCCCCC3)oc2c(S(=O)(=O)Nc2cc(F)ccc2F)c1C. The molecule has 1 fully saturated rings. The van der Waals surface area contributed by atoms with E-state index < -0.39 is 27.3 Å². The molecule has 2 aromatic carbocycles. The lowest BCUT2D eigenvalue weighted by Gasteiger charge is -2.19. The van der Waals surface area contributed by atoms with Gasteiger partial charge in [-0.3, -0.25) is 9.52 Å². The van der Waals surface area contributed by atoms with Crippen LogP contribution in [0.25, 0.3) is 11.0 Å². The first-order chi connectivity index (χ1) is 15.6. The maximum absolute atomic E-state index is 14.2. The van der Waals surface area contributed by atoms with Crippen LogP contribution in [0.3, 0.4) is 0 Å². The Morgan fingerprint density at radius 1 is 1.00 bits per heavy atom. The smallest absolute Gasteiger partial charge is 0.289 e. The molecule has 2 heterocycles. The van der Waals surface area contributed by atoms with Gasteiger partial charge >= 0.3 is 0 Å². The second-order valence-corrected chi connectivity index (χ2v) is 10.1. The Bertz CT molecular complexity index is 1340. The number of anilines is 1. The molecule has 0 aliphatic carbocycles. The van der Waals surface area contributed by atoms with Crippen LogP contribution in [-0.2, 0) is 10.0 Å². The third-order valence-corrected chi connectivity index (χ3v) is 7.74. The van der Waals surface area contributed by atoms with Gasteiger partial charge in [0, 0.05) is 30.1 Å². The van der Waals surface area contributed by atoms with Gasteiger partial charge in [0.15, 0.2) is 11.3 Å². The number of amides is 1. The zero-order valence-corrected chi connectivity index (χ0v) is 19.6. The highest BCUT2D eigenvalue weighted by molar-refractivity contribution is 7.93. The van der Waals surface area contributed by atoms with Crippen LogP contribution in [0, 0.1) is 32.4 Å². The molecular weight excluding hydrogens is 450 g/mol. The second-order valence-electron chi connectivity index (χ2n) is 8.52. The molecule has 176 valence electrons. The summed E-state index contributed by atoms with van der Waals surface area (Å²) in [5.74, 6) is -1.85. The van der Waals surface area contributed by atoms with Gasteiger partial charge in [0.25, 0.3) is 15.9 Å². The van der Waals surface area contributed by atoms with Crippen molar-refractivity contribution in [1.29, 1.82) is 0 Å². The molecule has 1 aliphatic rings. The van der Waals surface area contributed by atoms with Crippen molar-refractivity contribution in [3.05, 3.63) is 58.4 Å². The normalized spacial score (nSPS) is 15.0. The fourth-order valence-corrected chi connectivity index (χ4v) is 5.77. The molecule has 6 nitrogen and oxygen atoms in total. The number of furan rings is 1. The Balaban J connectivity index is 1.84. The highest BCUT2D eigenvalue weighted by Crippen LogP contribution is 2.36. The lowest BCUT2D eigenvalue weighted by molar-refractivity contribution is 0.0731. The van der Waals surface area contributed by atoms with Gasteiger partial charge in [-0.2, -0.15) is 0 Å². The number of halogens is 2. The quantitative estimate of drug-likeness (QED) is 0.543. The lowest BCUT2D eigenvalue weighted by Crippen LogP contribution is -2.31. The first-order valence-electron chi connectivity index (χ1n) is 10.9. The van der Waals surface area contributed by atoms with Crippen LogP contribution in [-0.4, -0.2) is 32.3 Å². The fraction of sp³-hybridized carbons (Fsp3) is 0.375. The van der Waals surface area contributed by atoms with Crippen molar-refractivity contribution in [2.24, 2.45) is 0 Å². The van der Waals surface area contributed by atoms with Crippen LogP contribution >= 0.6 is 0 Å². The molecule has 1 saturated heterocycles. The molecule has 1 aliphatic heterocycles. The Hall–Kier alpha value is -2.94. The first-order valence-corrected chi connectivity index (χ1v) is 12.4. The Labute approximate surface area is 191 Å². The number of hydrogen-bond donors (Lipinski definition) is 1. The summed E-state index contributed by atoms with van der Waals surface area (Å²) in [4.78, 5) is 14.8. The molecule has 0 spiro atoms. The summed E-state index contributed by atoms with van der Waals surface area (Å²) >= 11 is 0. The van der Waals surface area contributed by atoms with Gasteiger partial charge in [-0.1, -0.05) is 12.8 Å². The van der Waals surface area contributed by atoms with Gasteiger partial charge in [0.05, 0.1) is 5.69 Å². The van der Waals surface area contributed by atoms with Crippen LogP contribution in [0.15, 0.2) is 33.6 Å². The number of nitrogens with one attached hydrogen (secondary N) is 1. The predicted octanol–water partition coefficient (Wildman–Crippen LogP) is 5.45. The van der Waals surface area contributed by atoms with E-state index in [1.165, 1.54) is 0 Å². The Kier molecular flexibility index (Phi) is 6.18. The molecule has 1 aromatic heterocycles. The highest BCUT2D eigenvalue weighted by atomic mass is 32.2. The molecule has 0 saturated carbocycles. The molecular formula is C24H26F2N2O4S. The number of benzene rings is 2. The Morgan fingerprint density at radius 3 is 2.33 bits per heavy atom. The number of carbonyl (C=O) groups is 1. The molecule has 33 heavy (non-hydrogen) atoms. The summed E-state index contributed by atoms with van der Waals surface area (Å²) in [6.07, 6.45) is 3.94. The largest absolute Gasteiger partial charge is 0.449 e. The first kappa shape index (κ1) is 23.2. The van der Waals surface area contributed by atoms with Gasteiger partial charge in [0.1, 0.15) is 16.5 Å². The van der Waals surface area contributed by atoms with Crippen LogP contribution in [0.4, 0.5) is 14.5 Å². The number of carbonyl (C=O) groups excluding carboxylic acids is 1. The minimum atomic E-state index is -4.37. The van der Waals surface area contributed by atoms with E-state index in [2.05, 4.69) is 4.72 Å². The van der Waals surface area contributed by atoms with Crippen molar-refractivity contribution in [3.63, 3.8) is 0 Å². The highest BCUT2D eigenvalue weighted by Gasteiger charge is 2.30. The average Bonchev–Trinajstić information content (AvgIpc) is 2.94. The van der Waals surface area contributed by atoms with Crippen LogP contribution in [0.5, 0.6) is 0 Å². The molecule has 4 rings (SSSR count). The summed E-state index contributed by atoms with van der Waals surface area (Å²) in [7, 11) is -4.37. The van der Waals surface area contributed by atoms with E-state index in [0.717, 1.165) is 43.9 Å². The Morgan fingerprint density at radius 2 is 1.67 bits per heavy atom. The van der Waals surface area contributed by atoms with Gasteiger partial charge in [0.2, 0.25) is 0 Å². The number of likely N-dealkylation sites (tertiary alicyclic amines) is 1. The maximum Gasteiger partial charge on any atom is 0.289 e. The van der Waals surface area contributed by atoms with Crippen LogP contribution in [0.1, 0.15) is 52.9 Å². The van der Waals surface area contributed by atoms with E-state index in [1.54, 1.807) is 31.7 Å². The number of hydrogen-bond acceptors (Lipinski definition) is 4. The van der Waals surface area contributed by atoms with Crippen molar-refractivity contribution >= 4 is 32.6 Å². The number of fused-ring (bicyclic) bond motifs is 1. The van der Waals surface area contributed by atoms with Gasteiger partial charge in [-0.05, 0) is 62.9 Å². The standard InChI is InChI=1S/C24H26F2N2O4S/c1-14-12-18-16(3)21(24(29)28-10-6-4-5-7-11-28)32-22(18)23(15(14)2)33(30,31)27-20-13-17(25)8-9-19(20)26/h8-9,12-13,27H,4-7,10-11H2,1-3H3. The lowest BCUT2D eigenvalue weighted by atomic mass is 10.0. The molecule has 0 bridgehead atoms. The van der Waals surface area contributed by atoms with Crippen LogP contribution in [0.2, 0.25) is 0 Å². The summed E-state index contributed by atoms with van der Waals surface area (Å²) in [6.45, 7) is 6.33. The molecule has 1 N–H and O–H groups in total. The van der Waals surface area contributed by atoms with Crippen molar-refractivity contribution in [1.82, 2.24) is 4.90 Å². The number of rotatable bonds is 4. The minimum absolute atomic E-state index is 0.0260. The number of nitrogens with zero attached hydrogens (tertiary/aromatic N) is 1. The molecule has 0 unspecified atom stereocenters. The van der Waals surface area contributed by atoms with Gasteiger partial charge < -0.3 is 9.32 Å². The van der Waals surface area contributed by atoms with Gasteiger partial charge in [-0.25, -0.2) is 17.2 Å². The minimum Gasteiger partial charge on any atom is -0.449 e.